The summed E-state index contributed by atoms with van der Waals surface area (Å²) >= 11 is 0. The molecule has 3 aromatic carbocycles. The molecule has 0 saturated heterocycles. The van der Waals surface area contributed by atoms with Crippen molar-refractivity contribution in [2.24, 2.45) is 0 Å². The summed E-state index contributed by atoms with van der Waals surface area (Å²) in [5.41, 5.74) is 6.93. The van der Waals surface area contributed by atoms with Gasteiger partial charge in [0.05, 0.1) is 10.9 Å². The number of benzene rings is 3. The summed E-state index contributed by atoms with van der Waals surface area (Å²) < 4.78 is 2.00. The molecule has 0 spiro atoms. The van der Waals surface area contributed by atoms with E-state index in [2.05, 4.69) is 21.0 Å². The van der Waals surface area contributed by atoms with Crippen LogP contribution in [0.1, 0.15) is 26.4 Å². The molecule has 5 rings (SSSR count). The molecule has 3 N–H and O–H groups in total. The lowest BCUT2D eigenvalue weighted by atomic mass is 10.1. The number of para-hydroxylation sites is 1. The Balaban J connectivity index is 1.40. The van der Waals surface area contributed by atoms with Gasteiger partial charge in [-0.2, -0.15) is 5.10 Å². The summed E-state index contributed by atoms with van der Waals surface area (Å²) in [5.74, 6) is -1.09. The van der Waals surface area contributed by atoms with Gasteiger partial charge in [-0.15, -0.1) is 0 Å². The fourth-order valence-corrected chi connectivity index (χ4v) is 3.87. The second-order valence-electron chi connectivity index (χ2n) is 7.53. The van der Waals surface area contributed by atoms with Crippen LogP contribution in [0, 0.1) is 0 Å². The second-order valence-corrected chi connectivity index (χ2v) is 7.53. The van der Waals surface area contributed by atoms with Gasteiger partial charge < -0.3 is 4.57 Å². The van der Waals surface area contributed by atoms with Crippen molar-refractivity contribution in [3.8, 4) is 0 Å². The predicted molar refractivity (Wildman–Crippen MR) is 125 cm³/mol. The second kappa shape index (κ2) is 8.43. The first-order valence-electron chi connectivity index (χ1n) is 10.3. The van der Waals surface area contributed by atoms with Crippen molar-refractivity contribution in [3.63, 3.8) is 0 Å². The Bertz CT molecular complexity index is 1550. The maximum Gasteiger partial charge on any atom is 0.290 e. The third-order valence-corrected chi connectivity index (χ3v) is 5.43. The van der Waals surface area contributed by atoms with Gasteiger partial charge in [-0.05, 0) is 17.7 Å². The summed E-state index contributed by atoms with van der Waals surface area (Å²) in [4.78, 5) is 37.6. The van der Waals surface area contributed by atoms with Gasteiger partial charge in [0, 0.05) is 29.0 Å². The van der Waals surface area contributed by atoms with E-state index in [0.717, 1.165) is 16.5 Å². The molecular weight excluding hydrogens is 418 g/mol. The van der Waals surface area contributed by atoms with Crippen LogP contribution in [-0.4, -0.2) is 26.6 Å². The molecule has 0 fully saturated rings. The Kier molecular flexibility index (Phi) is 5.16. The van der Waals surface area contributed by atoms with E-state index in [9.17, 15) is 14.4 Å². The van der Waals surface area contributed by atoms with E-state index in [0.29, 0.717) is 22.9 Å². The third kappa shape index (κ3) is 3.85. The highest BCUT2D eigenvalue weighted by Gasteiger charge is 2.18. The Morgan fingerprint density at radius 2 is 1.42 bits per heavy atom. The number of nitrogens with zero attached hydrogens (tertiary/aromatic N) is 2. The zero-order chi connectivity index (χ0) is 22.8. The van der Waals surface area contributed by atoms with Crippen LogP contribution in [0.5, 0.6) is 0 Å². The average molecular weight is 437 g/mol. The van der Waals surface area contributed by atoms with Crippen molar-refractivity contribution in [2.45, 2.75) is 6.54 Å². The van der Waals surface area contributed by atoms with Crippen LogP contribution in [0.4, 0.5) is 0 Å². The van der Waals surface area contributed by atoms with Gasteiger partial charge in [-0.3, -0.25) is 25.2 Å². The van der Waals surface area contributed by atoms with E-state index >= 15 is 0 Å². The number of aromatic nitrogens is 3. The number of hydrazine groups is 1. The van der Waals surface area contributed by atoms with Crippen molar-refractivity contribution >= 4 is 33.5 Å². The number of carbonyl (C=O) groups is 2. The summed E-state index contributed by atoms with van der Waals surface area (Å²) in [7, 11) is 0. The van der Waals surface area contributed by atoms with Crippen LogP contribution in [0.2, 0.25) is 0 Å². The number of hydrogen-bond donors (Lipinski definition) is 3. The minimum atomic E-state index is -0.635. The molecule has 0 bridgehead atoms. The number of H-pyrrole nitrogens is 1. The molecule has 162 valence electrons. The number of amides is 2. The minimum Gasteiger partial charge on any atom is -0.342 e. The monoisotopic (exact) mass is 437 g/mol. The fourth-order valence-electron chi connectivity index (χ4n) is 3.87. The van der Waals surface area contributed by atoms with E-state index in [4.69, 9.17) is 0 Å². The van der Waals surface area contributed by atoms with Gasteiger partial charge in [0.25, 0.3) is 17.4 Å². The van der Waals surface area contributed by atoms with E-state index in [-0.39, 0.29) is 5.69 Å². The molecule has 5 aromatic rings. The molecule has 0 atom stereocenters. The minimum absolute atomic E-state index is 0.0111. The van der Waals surface area contributed by atoms with Gasteiger partial charge in [-0.1, -0.05) is 66.7 Å². The van der Waals surface area contributed by atoms with Crippen LogP contribution < -0.4 is 16.4 Å². The Morgan fingerprint density at radius 1 is 0.788 bits per heavy atom. The Morgan fingerprint density at radius 3 is 2.21 bits per heavy atom. The first-order valence-corrected chi connectivity index (χ1v) is 10.3. The lowest BCUT2D eigenvalue weighted by Crippen LogP contribution is -2.42. The van der Waals surface area contributed by atoms with Crippen molar-refractivity contribution in [3.05, 3.63) is 112 Å². The largest absolute Gasteiger partial charge is 0.342 e. The quantitative estimate of drug-likeness (QED) is 0.376. The van der Waals surface area contributed by atoms with Crippen LogP contribution in [0.3, 0.4) is 0 Å². The zero-order valence-corrected chi connectivity index (χ0v) is 17.4. The molecule has 0 saturated carbocycles. The van der Waals surface area contributed by atoms with Gasteiger partial charge >= 0.3 is 0 Å². The topological polar surface area (TPSA) is 109 Å². The van der Waals surface area contributed by atoms with Crippen LogP contribution in [0.15, 0.2) is 89.9 Å². The normalized spacial score (nSPS) is 10.9. The zero-order valence-electron chi connectivity index (χ0n) is 17.4. The molecule has 0 radical (unpaired) electrons. The van der Waals surface area contributed by atoms with E-state index in [1.807, 2.05) is 59.2 Å². The maximum atomic E-state index is 13.0. The van der Waals surface area contributed by atoms with Crippen LogP contribution >= 0.6 is 0 Å². The number of fused-ring (bicyclic) bond motifs is 2. The number of carbonyl (C=O) groups excluding carboxylic acids is 2. The Hall–Kier alpha value is -4.72. The number of rotatable bonds is 4. The SMILES string of the molecule is O=C(NNC(=O)c1cn(Cc2ccccc2)c2ccccc12)c1n[nH]c(=O)c2ccccc12. The summed E-state index contributed by atoms with van der Waals surface area (Å²) in [6, 6.07) is 24.2. The van der Waals surface area contributed by atoms with E-state index < -0.39 is 17.4 Å². The van der Waals surface area contributed by atoms with Gasteiger partial charge in [0.15, 0.2) is 5.69 Å². The van der Waals surface area contributed by atoms with Gasteiger partial charge in [-0.25, -0.2) is 5.10 Å². The van der Waals surface area contributed by atoms with Crippen molar-refractivity contribution in [2.75, 3.05) is 0 Å². The number of nitrogens with one attached hydrogen (secondary N) is 3. The highest BCUT2D eigenvalue weighted by atomic mass is 16.2. The molecule has 2 aromatic heterocycles. The lowest BCUT2D eigenvalue weighted by molar-refractivity contribution is 0.0845. The molecule has 0 aliphatic rings. The molecule has 0 aliphatic carbocycles. The van der Waals surface area contributed by atoms with E-state index in [1.165, 1.54) is 0 Å². The molecule has 8 heteroatoms. The van der Waals surface area contributed by atoms with Crippen LogP contribution in [0.25, 0.3) is 21.7 Å². The number of aromatic amines is 1. The van der Waals surface area contributed by atoms with Gasteiger partial charge in [0.1, 0.15) is 0 Å². The highest BCUT2D eigenvalue weighted by molar-refractivity contribution is 6.09. The molecule has 2 amide bonds. The Labute approximate surface area is 187 Å². The van der Waals surface area contributed by atoms with Crippen molar-refractivity contribution in [1.82, 2.24) is 25.6 Å². The fraction of sp³-hybridized carbons (Fsp3) is 0.0400. The number of hydrogen-bond acceptors (Lipinski definition) is 4. The molecule has 33 heavy (non-hydrogen) atoms. The standard InChI is InChI=1S/C25H19N5O3/c31-23-19-12-5-4-11-18(19)22(26-27-23)25(33)29-28-24(32)20-15-30(14-16-8-2-1-3-9-16)21-13-7-6-10-17(20)21/h1-13,15H,14H2,(H,27,31)(H,28,32)(H,29,33). The molecular formula is C25H19N5O3. The van der Waals surface area contributed by atoms with Crippen molar-refractivity contribution in [1.29, 1.82) is 0 Å². The van der Waals surface area contributed by atoms with E-state index in [1.54, 1.807) is 30.5 Å². The molecule has 2 heterocycles. The average Bonchev–Trinajstić information content (AvgIpc) is 3.22. The molecule has 0 aliphatic heterocycles. The van der Waals surface area contributed by atoms with Gasteiger partial charge in [0.2, 0.25) is 0 Å². The van der Waals surface area contributed by atoms with Crippen LogP contribution in [-0.2, 0) is 6.54 Å². The molecule has 8 nitrogen and oxygen atoms in total. The predicted octanol–water partition coefficient (Wildman–Crippen LogP) is 3.00. The molecule has 0 unspecified atom stereocenters. The summed E-state index contributed by atoms with van der Waals surface area (Å²) in [5, 5.41) is 7.67. The third-order valence-electron chi connectivity index (χ3n) is 5.43. The first kappa shape index (κ1) is 20.2. The van der Waals surface area contributed by atoms with Crippen molar-refractivity contribution < 1.29 is 9.59 Å². The maximum absolute atomic E-state index is 13.0. The first-order chi connectivity index (χ1) is 16.1. The summed E-state index contributed by atoms with van der Waals surface area (Å²) in [6.45, 7) is 0.605. The highest BCUT2D eigenvalue weighted by Crippen LogP contribution is 2.22. The summed E-state index contributed by atoms with van der Waals surface area (Å²) in [6.07, 6.45) is 1.77. The lowest BCUT2D eigenvalue weighted by Gasteiger charge is -2.08. The smallest absolute Gasteiger partial charge is 0.290 e.